The van der Waals surface area contributed by atoms with Crippen molar-refractivity contribution in [1.29, 1.82) is 0 Å². The number of imidazole rings is 1. The number of nitrogens with two attached hydrogens (primary N) is 1. The lowest BCUT2D eigenvalue weighted by atomic mass is 10.4. The Hall–Kier alpha value is -1.98. The molecule has 0 spiro atoms. The third kappa shape index (κ3) is 2.18. The summed E-state index contributed by atoms with van der Waals surface area (Å²) in [6.45, 7) is -0.412. The molecule has 2 aromatic heterocycles. The summed E-state index contributed by atoms with van der Waals surface area (Å²) in [6, 6.07) is 0. The van der Waals surface area contributed by atoms with E-state index in [1.165, 1.54) is 25.7 Å². The minimum absolute atomic E-state index is 0.0303. The summed E-state index contributed by atoms with van der Waals surface area (Å²) >= 11 is 0. The summed E-state index contributed by atoms with van der Waals surface area (Å²) < 4.78 is 35.2. The van der Waals surface area contributed by atoms with Gasteiger partial charge in [0.2, 0.25) is 0 Å². The van der Waals surface area contributed by atoms with Crippen molar-refractivity contribution < 1.29 is 13.0 Å². The van der Waals surface area contributed by atoms with Gasteiger partial charge in [0.15, 0.2) is 16.4 Å². The molecule has 1 unspecified atom stereocenters. The van der Waals surface area contributed by atoms with Gasteiger partial charge in [-0.25, -0.2) is 9.78 Å². The maximum absolute atomic E-state index is 12.1. The van der Waals surface area contributed by atoms with Crippen LogP contribution in [0.1, 0.15) is 11.1 Å². The van der Waals surface area contributed by atoms with Crippen molar-refractivity contribution >= 4 is 21.3 Å². The first-order valence-corrected chi connectivity index (χ1v) is 7.40. The Morgan fingerprint density at radius 1 is 1.19 bits per heavy atom. The highest BCUT2D eigenvalue weighted by Crippen LogP contribution is 2.21. The fourth-order valence-electron chi connectivity index (χ4n) is 2.18. The van der Waals surface area contributed by atoms with Crippen molar-refractivity contribution in [2.45, 2.75) is 5.25 Å². The maximum Gasteiger partial charge on any atom is 0.332 e. The minimum atomic E-state index is -4.49. The van der Waals surface area contributed by atoms with Gasteiger partial charge in [-0.05, 0) is 0 Å². The molecule has 0 aromatic carbocycles. The van der Waals surface area contributed by atoms with Gasteiger partial charge in [0.25, 0.3) is 15.7 Å². The van der Waals surface area contributed by atoms with Gasteiger partial charge in [0.1, 0.15) is 5.82 Å². The van der Waals surface area contributed by atoms with Crippen molar-refractivity contribution in [3.05, 3.63) is 26.7 Å². The molecular weight excluding hydrogens is 302 g/mol. The van der Waals surface area contributed by atoms with Crippen molar-refractivity contribution in [2.24, 2.45) is 26.9 Å². The Morgan fingerprint density at radius 2 is 1.76 bits per heavy atom. The number of aryl methyl sites for hydroxylation is 2. The molecule has 3 N–H and O–H groups in total. The number of fused-ring (bicyclic) bond motifs is 1. The normalized spacial score (nSPS) is 13.8. The Labute approximate surface area is 119 Å². The van der Waals surface area contributed by atoms with E-state index < -0.39 is 33.2 Å². The number of nitrogens with zero attached hydrogens (tertiary/aromatic N) is 4. The average molecular weight is 317 g/mol. The molecule has 21 heavy (non-hydrogen) atoms. The van der Waals surface area contributed by atoms with Gasteiger partial charge < -0.3 is 10.3 Å². The first kappa shape index (κ1) is 15.4. The molecule has 0 fully saturated rings. The van der Waals surface area contributed by atoms with Gasteiger partial charge in [0.05, 0.1) is 0 Å². The molecule has 2 aromatic rings. The molecule has 10 nitrogen and oxygen atoms in total. The molecular formula is C10H15N5O5S. The summed E-state index contributed by atoms with van der Waals surface area (Å²) in [6.07, 6.45) is 0. The lowest BCUT2D eigenvalue weighted by Crippen LogP contribution is -2.37. The summed E-state index contributed by atoms with van der Waals surface area (Å²) in [4.78, 5) is 28.0. The second-order valence-electron chi connectivity index (χ2n) is 4.65. The molecule has 0 bridgehead atoms. The standard InChI is InChI=1S/C10H15N5O5S/c1-13-6-8(14(2)10(17)15(3)9(6)16)12-7(13)5(4-11)21(18,19)20/h5H,4,11H2,1-3H3,(H,18,19,20). The number of rotatable bonds is 3. The molecule has 2 rings (SSSR count). The first-order valence-electron chi connectivity index (χ1n) is 5.90. The summed E-state index contributed by atoms with van der Waals surface area (Å²) in [5.41, 5.74) is 4.26. The number of aromatic nitrogens is 4. The van der Waals surface area contributed by atoms with Gasteiger partial charge >= 0.3 is 5.69 Å². The highest BCUT2D eigenvalue weighted by Gasteiger charge is 2.30. The molecule has 0 radical (unpaired) electrons. The molecule has 2 heterocycles. The van der Waals surface area contributed by atoms with Gasteiger partial charge in [-0.3, -0.25) is 18.5 Å². The van der Waals surface area contributed by atoms with Crippen LogP contribution in [0.4, 0.5) is 0 Å². The quantitative estimate of drug-likeness (QED) is 0.615. The molecule has 116 valence electrons. The molecule has 0 saturated carbocycles. The summed E-state index contributed by atoms with van der Waals surface area (Å²) in [5.74, 6) is -0.103. The fraction of sp³-hybridized carbons (Fsp3) is 0.500. The van der Waals surface area contributed by atoms with E-state index in [1.807, 2.05) is 0 Å². The predicted octanol–water partition coefficient (Wildman–Crippen LogP) is -2.14. The SMILES string of the molecule is Cn1c(=O)c2c(nc(C(CN)S(=O)(=O)O)n2C)n(C)c1=O. The highest BCUT2D eigenvalue weighted by atomic mass is 32.2. The van der Waals surface area contributed by atoms with Gasteiger partial charge in [-0.15, -0.1) is 0 Å². The maximum atomic E-state index is 12.1. The van der Waals surface area contributed by atoms with Crippen molar-refractivity contribution in [3.63, 3.8) is 0 Å². The molecule has 1 atom stereocenters. The third-order valence-electron chi connectivity index (χ3n) is 3.37. The zero-order chi connectivity index (χ0) is 16.1. The molecule has 0 aliphatic rings. The second kappa shape index (κ2) is 4.79. The van der Waals surface area contributed by atoms with E-state index in [0.717, 1.165) is 9.13 Å². The molecule has 0 aliphatic carbocycles. The van der Waals surface area contributed by atoms with Gasteiger partial charge in [-0.1, -0.05) is 0 Å². The fourth-order valence-corrected chi connectivity index (χ4v) is 2.90. The van der Waals surface area contributed by atoms with Crippen LogP contribution in [-0.4, -0.2) is 38.2 Å². The third-order valence-corrected chi connectivity index (χ3v) is 4.49. The van der Waals surface area contributed by atoms with E-state index in [9.17, 15) is 22.6 Å². The lowest BCUT2D eigenvalue weighted by molar-refractivity contribution is 0.465. The van der Waals surface area contributed by atoms with Crippen LogP contribution in [0.15, 0.2) is 9.59 Å². The highest BCUT2D eigenvalue weighted by molar-refractivity contribution is 7.86. The average Bonchev–Trinajstić information content (AvgIpc) is 2.71. The largest absolute Gasteiger partial charge is 0.332 e. The summed E-state index contributed by atoms with van der Waals surface area (Å²) in [5, 5.41) is -1.48. The van der Waals surface area contributed by atoms with E-state index in [0.29, 0.717) is 0 Å². The Kier molecular flexibility index (Phi) is 3.51. The number of hydrogen-bond donors (Lipinski definition) is 2. The Balaban J connectivity index is 2.97. The van der Waals surface area contributed by atoms with Gasteiger partial charge in [-0.2, -0.15) is 8.42 Å². The molecule has 0 aliphatic heterocycles. The first-order chi connectivity index (χ1) is 9.61. The minimum Gasteiger partial charge on any atom is -0.329 e. The molecule has 0 saturated heterocycles. The van der Waals surface area contributed by atoms with Crippen LogP contribution in [0.25, 0.3) is 11.2 Å². The van der Waals surface area contributed by atoms with Crippen molar-refractivity contribution in [3.8, 4) is 0 Å². The van der Waals surface area contributed by atoms with Crippen molar-refractivity contribution in [2.75, 3.05) is 6.54 Å². The van der Waals surface area contributed by atoms with E-state index in [-0.39, 0.29) is 17.0 Å². The van der Waals surface area contributed by atoms with E-state index >= 15 is 0 Å². The summed E-state index contributed by atoms with van der Waals surface area (Å²) in [7, 11) is -0.354. The van der Waals surface area contributed by atoms with Crippen LogP contribution in [-0.2, 0) is 31.3 Å². The Morgan fingerprint density at radius 3 is 2.24 bits per heavy atom. The van der Waals surface area contributed by atoms with Gasteiger partial charge in [0, 0.05) is 27.7 Å². The number of hydrogen-bond acceptors (Lipinski definition) is 6. The van der Waals surface area contributed by atoms with Crippen LogP contribution < -0.4 is 17.0 Å². The van der Waals surface area contributed by atoms with E-state index in [2.05, 4.69) is 4.98 Å². The van der Waals surface area contributed by atoms with Crippen LogP contribution in [0.3, 0.4) is 0 Å². The van der Waals surface area contributed by atoms with E-state index in [1.54, 1.807) is 0 Å². The zero-order valence-electron chi connectivity index (χ0n) is 11.6. The lowest BCUT2D eigenvalue weighted by Gasteiger charge is -2.10. The molecule has 11 heteroatoms. The topological polar surface area (TPSA) is 142 Å². The monoisotopic (exact) mass is 317 g/mol. The Bertz CT molecular complexity index is 935. The smallest absolute Gasteiger partial charge is 0.329 e. The van der Waals surface area contributed by atoms with Crippen LogP contribution in [0, 0.1) is 0 Å². The molecule has 0 amide bonds. The van der Waals surface area contributed by atoms with Crippen molar-refractivity contribution in [1.82, 2.24) is 18.7 Å². The second-order valence-corrected chi connectivity index (χ2v) is 6.25. The van der Waals surface area contributed by atoms with E-state index in [4.69, 9.17) is 5.73 Å². The predicted molar refractivity (Wildman–Crippen MR) is 74.5 cm³/mol. The van der Waals surface area contributed by atoms with Crippen LogP contribution >= 0.6 is 0 Å². The van der Waals surface area contributed by atoms with Crippen LogP contribution in [0.2, 0.25) is 0 Å². The van der Waals surface area contributed by atoms with Crippen LogP contribution in [0.5, 0.6) is 0 Å². The zero-order valence-corrected chi connectivity index (χ0v) is 12.5.